The van der Waals surface area contributed by atoms with Crippen LogP contribution in [0.4, 0.5) is 5.82 Å². The predicted octanol–water partition coefficient (Wildman–Crippen LogP) is 1.74. The summed E-state index contributed by atoms with van der Waals surface area (Å²) in [6.45, 7) is 2.17. The van der Waals surface area contributed by atoms with Gasteiger partial charge in [0.2, 0.25) is 5.91 Å². The van der Waals surface area contributed by atoms with Crippen molar-refractivity contribution in [2.24, 2.45) is 0 Å². The molecule has 0 aliphatic carbocycles. The number of hydrogen-bond donors (Lipinski definition) is 2. The number of carbonyl (C=O) groups excluding carboxylic acids is 2. The Hall–Kier alpha value is -2.63. The second kappa shape index (κ2) is 6.51. The molecule has 2 heterocycles. The molecule has 20 heavy (non-hydrogen) atoms. The summed E-state index contributed by atoms with van der Waals surface area (Å²) in [6.07, 6.45) is 4.63. The van der Waals surface area contributed by atoms with Crippen LogP contribution in [0.25, 0.3) is 0 Å². The third-order valence-electron chi connectivity index (χ3n) is 2.60. The Kier molecular flexibility index (Phi) is 4.49. The lowest BCUT2D eigenvalue weighted by atomic mass is 10.3. The van der Waals surface area contributed by atoms with Gasteiger partial charge in [0.15, 0.2) is 0 Å². The van der Waals surface area contributed by atoms with Gasteiger partial charge in [0.05, 0.1) is 11.8 Å². The molecule has 6 heteroatoms. The van der Waals surface area contributed by atoms with E-state index in [4.69, 9.17) is 4.42 Å². The fourth-order valence-electron chi connectivity index (χ4n) is 1.53. The van der Waals surface area contributed by atoms with E-state index in [0.29, 0.717) is 11.4 Å². The van der Waals surface area contributed by atoms with Crippen molar-refractivity contribution in [1.82, 2.24) is 10.3 Å². The summed E-state index contributed by atoms with van der Waals surface area (Å²) in [5, 5.41) is 5.29. The number of aromatic nitrogens is 1. The standard InChI is InChI=1S/C14H15N3O3/c1-10-2-3-12(16-8-10)17-13(18)4-6-15-14(19)11-5-7-20-9-11/h2-3,5,7-9H,4,6H2,1H3,(H,15,19)(H,16,17,18). The van der Waals surface area contributed by atoms with E-state index in [1.54, 1.807) is 18.3 Å². The maximum absolute atomic E-state index is 11.6. The van der Waals surface area contributed by atoms with E-state index in [1.807, 2.05) is 13.0 Å². The highest BCUT2D eigenvalue weighted by molar-refractivity contribution is 5.94. The molecule has 0 spiro atoms. The molecule has 0 atom stereocenters. The van der Waals surface area contributed by atoms with Crippen LogP contribution in [0, 0.1) is 6.92 Å². The van der Waals surface area contributed by atoms with Crippen molar-refractivity contribution in [1.29, 1.82) is 0 Å². The summed E-state index contributed by atoms with van der Waals surface area (Å²) in [7, 11) is 0. The van der Waals surface area contributed by atoms with Crippen molar-refractivity contribution >= 4 is 17.6 Å². The lowest BCUT2D eigenvalue weighted by Gasteiger charge is -2.05. The smallest absolute Gasteiger partial charge is 0.254 e. The van der Waals surface area contributed by atoms with Gasteiger partial charge in [-0.25, -0.2) is 4.98 Å². The van der Waals surface area contributed by atoms with Crippen LogP contribution in [0.2, 0.25) is 0 Å². The maximum Gasteiger partial charge on any atom is 0.254 e. The van der Waals surface area contributed by atoms with Gasteiger partial charge in [-0.15, -0.1) is 0 Å². The molecule has 0 saturated heterocycles. The fourth-order valence-corrected chi connectivity index (χ4v) is 1.53. The van der Waals surface area contributed by atoms with E-state index in [-0.39, 0.29) is 24.8 Å². The number of hydrogen-bond acceptors (Lipinski definition) is 4. The highest BCUT2D eigenvalue weighted by Crippen LogP contribution is 2.04. The van der Waals surface area contributed by atoms with Crippen molar-refractivity contribution in [2.45, 2.75) is 13.3 Å². The van der Waals surface area contributed by atoms with Crippen LogP contribution >= 0.6 is 0 Å². The lowest BCUT2D eigenvalue weighted by molar-refractivity contribution is -0.116. The van der Waals surface area contributed by atoms with E-state index in [2.05, 4.69) is 15.6 Å². The molecule has 2 aromatic rings. The van der Waals surface area contributed by atoms with Crippen LogP contribution < -0.4 is 10.6 Å². The van der Waals surface area contributed by atoms with Crippen molar-refractivity contribution in [3.8, 4) is 0 Å². The summed E-state index contributed by atoms with van der Waals surface area (Å²) < 4.78 is 4.80. The van der Waals surface area contributed by atoms with Crippen LogP contribution in [-0.2, 0) is 4.79 Å². The first-order valence-corrected chi connectivity index (χ1v) is 6.18. The Labute approximate surface area is 116 Å². The molecule has 0 radical (unpaired) electrons. The van der Waals surface area contributed by atoms with Crippen LogP contribution in [0.5, 0.6) is 0 Å². The normalized spacial score (nSPS) is 10.1. The lowest BCUT2D eigenvalue weighted by Crippen LogP contribution is -2.27. The van der Waals surface area contributed by atoms with Gasteiger partial charge >= 0.3 is 0 Å². The van der Waals surface area contributed by atoms with Crippen LogP contribution in [0.15, 0.2) is 41.3 Å². The van der Waals surface area contributed by atoms with Gasteiger partial charge in [-0.3, -0.25) is 9.59 Å². The van der Waals surface area contributed by atoms with Crippen molar-refractivity contribution in [3.63, 3.8) is 0 Å². The highest BCUT2D eigenvalue weighted by Gasteiger charge is 2.08. The number of nitrogens with zero attached hydrogens (tertiary/aromatic N) is 1. The quantitative estimate of drug-likeness (QED) is 0.869. The van der Waals surface area contributed by atoms with Gasteiger partial charge in [-0.05, 0) is 24.6 Å². The first-order chi connectivity index (χ1) is 9.65. The maximum atomic E-state index is 11.6. The molecule has 2 rings (SSSR count). The van der Waals surface area contributed by atoms with E-state index in [1.165, 1.54) is 12.5 Å². The van der Waals surface area contributed by atoms with Crippen LogP contribution in [-0.4, -0.2) is 23.3 Å². The Balaban J connectivity index is 1.73. The average Bonchev–Trinajstić information content (AvgIpc) is 2.95. The molecule has 0 aliphatic heterocycles. The molecule has 0 aliphatic rings. The summed E-state index contributed by atoms with van der Waals surface area (Å²) in [4.78, 5) is 27.3. The minimum absolute atomic E-state index is 0.180. The summed E-state index contributed by atoms with van der Waals surface area (Å²) in [5.41, 5.74) is 1.46. The number of nitrogens with one attached hydrogen (secondary N) is 2. The first-order valence-electron chi connectivity index (χ1n) is 6.18. The number of carbonyl (C=O) groups is 2. The minimum atomic E-state index is -0.264. The van der Waals surface area contributed by atoms with E-state index in [0.717, 1.165) is 5.56 Å². The second-order valence-corrected chi connectivity index (χ2v) is 4.29. The van der Waals surface area contributed by atoms with Crippen LogP contribution in [0.3, 0.4) is 0 Å². The molecule has 0 aromatic carbocycles. The monoisotopic (exact) mass is 273 g/mol. The average molecular weight is 273 g/mol. The molecule has 2 amide bonds. The zero-order chi connectivity index (χ0) is 14.4. The second-order valence-electron chi connectivity index (χ2n) is 4.29. The van der Waals surface area contributed by atoms with Crippen molar-refractivity contribution in [2.75, 3.05) is 11.9 Å². The number of aryl methyl sites for hydroxylation is 1. The van der Waals surface area contributed by atoms with E-state index < -0.39 is 0 Å². The number of rotatable bonds is 5. The third kappa shape index (κ3) is 3.94. The molecule has 0 unspecified atom stereocenters. The van der Waals surface area contributed by atoms with Gasteiger partial charge in [0.25, 0.3) is 5.91 Å². The molecular formula is C14H15N3O3. The molecule has 6 nitrogen and oxygen atoms in total. The molecule has 0 bridgehead atoms. The van der Waals surface area contributed by atoms with Gasteiger partial charge < -0.3 is 15.1 Å². The Morgan fingerprint density at radius 3 is 2.80 bits per heavy atom. The minimum Gasteiger partial charge on any atom is -0.472 e. The SMILES string of the molecule is Cc1ccc(NC(=O)CCNC(=O)c2ccoc2)nc1. The molecule has 104 valence electrons. The number of anilines is 1. The van der Waals surface area contributed by atoms with Gasteiger partial charge in [0.1, 0.15) is 12.1 Å². The largest absolute Gasteiger partial charge is 0.472 e. The molecule has 0 saturated carbocycles. The Bertz CT molecular complexity index is 576. The van der Waals surface area contributed by atoms with Gasteiger partial charge in [0, 0.05) is 19.2 Å². The van der Waals surface area contributed by atoms with E-state index in [9.17, 15) is 9.59 Å². The molecule has 0 fully saturated rings. The summed E-state index contributed by atoms with van der Waals surface area (Å²) in [6, 6.07) is 5.16. The van der Waals surface area contributed by atoms with Crippen molar-refractivity contribution in [3.05, 3.63) is 48.0 Å². The zero-order valence-corrected chi connectivity index (χ0v) is 11.1. The summed E-state index contributed by atoms with van der Waals surface area (Å²) >= 11 is 0. The Morgan fingerprint density at radius 1 is 1.30 bits per heavy atom. The molecule has 2 aromatic heterocycles. The first kappa shape index (κ1) is 13.8. The van der Waals surface area contributed by atoms with Crippen LogP contribution in [0.1, 0.15) is 22.3 Å². The van der Waals surface area contributed by atoms with Gasteiger partial charge in [-0.2, -0.15) is 0 Å². The molecular weight excluding hydrogens is 258 g/mol. The predicted molar refractivity (Wildman–Crippen MR) is 73.3 cm³/mol. The zero-order valence-electron chi connectivity index (χ0n) is 11.1. The third-order valence-corrected chi connectivity index (χ3v) is 2.60. The van der Waals surface area contributed by atoms with Gasteiger partial charge in [-0.1, -0.05) is 6.07 Å². The number of pyridine rings is 1. The number of amides is 2. The molecule has 2 N–H and O–H groups in total. The topological polar surface area (TPSA) is 84.2 Å². The Morgan fingerprint density at radius 2 is 2.15 bits per heavy atom. The fraction of sp³-hybridized carbons (Fsp3) is 0.214. The highest BCUT2D eigenvalue weighted by atomic mass is 16.3. The number of furan rings is 1. The van der Waals surface area contributed by atoms with Crippen molar-refractivity contribution < 1.29 is 14.0 Å². The summed E-state index contributed by atoms with van der Waals surface area (Å²) in [5.74, 6) is 0.0376. The van der Waals surface area contributed by atoms with E-state index >= 15 is 0 Å².